The third-order valence-corrected chi connectivity index (χ3v) is 4.05. The van der Waals surface area contributed by atoms with E-state index in [1.807, 2.05) is 25.2 Å². The molecule has 5 nitrogen and oxygen atoms in total. The van der Waals surface area contributed by atoms with Crippen LogP contribution in [0.1, 0.15) is 49.1 Å². The van der Waals surface area contributed by atoms with Gasteiger partial charge >= 0.3 is 0 Å². The number of rotatable bonds is 5. The van der Waals surface area contributed by atoms with Crippen LogP contribution in [0.2, 0.25) is 0 Å². The van der Waals surface area contributed by atoms with Crippen LogP contribution in [0.3, 0.4) is 0 Å². The molecule has 0 spiro atoms. The number of nitrogens with one attached hydrogen (secondary N) is 1. The van der Waals surface area contributed by atoms with E-state index in [2.05, 4.69) is 34.6 Å². The Hall–Kier alpha value is -1.72. The fraction of sp³-hybridized carbons (Fsp3) is 0.500. The van der Waals surface area contributed by atoms with Crippen molar-refractivity contribution in [3.63, 3.8) is 0 Å². The van der Waals surface area contributed by atoms with Gasteiger partial charge in [0.15, 0.2) is 0 Å². The van der Waals surface area contributed by atoms with Crippen LogP contribution < -0.4 is 5.32 Å². The van der Waals surface area contributed by atoms with Gasteiger partial charge in [-0.15, -0.1) is 10.2 Å². The van der Waals surface area contributed by atoms with Crippen LogP contribution in [-0.2, 0) is 4.74 Å². The molecule has 1 aromatic heterocycles. The van der Waals surface area contributed by atoms with Crippen LogP contribution in [0.5, 0.6) is 0 Å². The highest BCUT2D eigenvalue weighted by molar-refractivity contribution is 5.23. The maximum atomic E-state index is 5.94. The van der Waals surface area contributed by atoms with Crippen LogP contribution in [0.15, 0.2) is 34.7 Å². The summed E-state index contributed by atoms with van der Waals surface area (Å²) in [7, 11) is 1.90. The molecule has 0 amide bonds. The summed E-state index contributed by atoms with van der Waals surface area (Å²) in [6, 6.07) is 10.0. The average molecular weight is 287 g/mol. The lowest BCUT2D eigenvalue weighted by atomic mass is 10.00. The maximum absolute atomic E-state index is 5.94. The topological polar surface area (TPSA) is 60.2 Å². The quantitative estimate of drug-likeness (QED) is 0.916. The second-order valence-electron chi connectivity index (χ2n) is 5.32. The highest BCUT2D eigenvalue weighted by atomic mass is 16.5. The minimum atomic E-state index is -0.0742. The highest BCUT2D eigenvalue weighted by Gasteiger charge is 2.33. The predicted octanol–water partition coefficient (Wildman–Crippen LogP) is 2.66. The Kier molecular flexibility index (Phi) is 4.31. The lowest BCUT2D eigenvalue weighted by molar-refractivity contribution is 0.0962. The van der Waals surface area contributed by atoms with E-state index in [-0.39, 0.29) is 18.1 Å². The van der Waals surface area contributed by atoms with Gasteiger partial charge in [-0.2, -0.15) is 0 Å². The SMILES string of the molecule is CCC1OCCC1c1nnc(C(NC)c2ccccc2)o1. The Morgan fingerprint density at radius 2 is 2.10 bits per heavy atom. The summed E-state index contributed by atoms with van der Waals surface area (Å²) in [4.78, 5) is 0. The third kappa shape index (κ3) is 2.84. The zero-order valence-electron chi connectivity index (χ0n) is 12.5. The van der Waals surface area contributed by atoms with Crippen molar-refractivity contribution in [3.05, 3.63) is 47.7 Å². The van der Waals surface area contributed by atoms with Gasteiger partial charge in [0.05, 0.1) is 12.0 Å². The number of nitrogens with zero attached hydrogens (tertiary/aromatic N) is 2. The molecule has 0 radical (unpaired) electrons. The van der Waals surface area contributed by atoms with Crippen molar-refractivity contribution in [2.45, 2.75) is 37.8 Å². The first-order chi connectivity index (χ1) is 10.3. The van der Waals surface area contributed by atoms with E-state index >= 15 is 0 Å². The first-order valence-corrected chi connectivity index (χ1v) is 7.50. The van der Waals surface area contributed by atoms with Gasteiger partial charge in [-0.3, -0.25) is 0 Å². The molecular formula is C16H21N3O2. The molecule has 112 valence electrons. The smallest absolute Gasteiger partial charge is 0.237 e. The summed E-state index contributed by atoms with van der Waals surface area (Å²) >= 11 is 0. The van der Waals surface area contributed by atoms with Gasteiger partial charge in [0.1, 0.15) is 6.04 Å². The van der Waals surface area contributed by atoms with Crippen molar-refractivity contribution in [2.75, 3.05) is 13.7 Å². The van der Waals surface area contributed by atoms with Gasteiger partial charge in [0.25, 0.3) is 0 Å². The first-order valence-electron chi connectivity index (χ1n) is 7.50. The van der Waals surface area contributed by atoms with Gasteiger partial charge in [-0.05, 0) is 25.5 Å². The van der Waals surface area contributed by atoms with Crippen LogP contribution in [-0.4, -0.2) is 30.0 Å². The minimum Gasteiger partial charge on any atom is -0.423 e. The molecule has 21 heavy (non-hydrogen) atoms. The number of benzene rings is 1. The van der Waals surface area contributed by atoms with Crippen LogP contribution in [0, 0.1) is 0 Å². The van der Waals surface area contributed by atoms with E-state index in [1.165, 1.54) is 0 Å². The van der Waals surface area contributed by atoms with Crippen molar-refractivity contribution in [1.29, 1.82) is 0 Å². The van der Waals surface area contributed by atoms with Crippen molar-refractivity contribution in [1.82, 2.24) is 15.5 Å². The molecule has 2 heterocycles. The first kappa shape index (κ1) is 14.2. The molecule has 3 rings (SSSR count). The van der Waals surface area contributed by atoms with Gasteiger partial charge in [0.2, 0.25) is 11.8 Å². The molecule has 1 aromatic carbocycles. The molecule has 5 heteroatoms. The van der Waals surface area contributed by atoms with Gasteiger partial charge in [-0.1, -0.05) is 37.3 Å². The fourth-order valence-electron chi connectivity index (χ4n) is 2.92. The van der Waals surface area contributed by atoms with Crippen molar-refractivity contribution in [2.24, 2.45) is 0 Å². The van der Waals surface area contributed by atoms with E-state index in [1.54, 1.807) is 0 Å². The molecule has 1 aliphatic heterocycles. The summed E-state index contributed by atoms with van der Waals surface area (Å²) in [5, 5.41) is 11.7. The molecular weight excluding hydrogens is 266 g/mol. The third-order valence-electron chi connectivity index (χ3n) is 4.05. The van der Waals surface area contributed by atoms with Crippen LogP contribution in [0.25, 0.3) is 0 Å². The monoisotopic (exact) mass is 287 g/mol. The standard InChI is InChI=1S/C16H21N3O2/c1-3-13-12(9-10-20-13)15-18-19-16(21-15)14(17-2)11-7-5-4-6-8-11/h4-8,12-14,17H,3,9-10H2,1-2H3. The normalized spacial score (nSPS) is 23.3. The second-order valence-corrected chi connectivity index (χ2v) is 5.32. The molecule has 3 atom stereocenters. The molecule has 1 fully saturated rings. The number of ether oxygens (including phenoxy) is 1. The summed E-state index contributed by atoms with van der Waals surface area (Å²) < 4.78 is 11.6. The molecule has 1 N–H and O–H groups in total. The van der Waals surface area contributed by atoms with E-state index < -0.39 is 0 Å². The largest absolute Gasteiger partial charge is 0.423 e. The van der Waals surface area contributed by atoms with E-state index in [9.17, 15) is 0 Å². The van der Waals surface area contributed by atoms with E-state index in [0.29, 0.717) is 11.8 Å². The van der Waals surface area contributed by atoms with Crippen molar-refractivity contribution in [3.8, 4) is 0 Å². The van der Waals surface area contributed by atoms with Gasteiger partial charge < -0.3 is 14.5 Å². The lowest BCUT2D eigenvalue weighted by Gasteiger charge is -2.13. The Bertz CT molecular complexity index is 570. The van der Waals surface area contributed by atoms with Crippen molar-refractivity contribution >= 4 is 0 Å². The van der Waals surface area contributed by atoms with Crippen LogP contribution >= 0.6 is 0 Å². The van der Waals surface area contributed by atoms with E-state index in [0.717, 1.165) is 25.0 Å². The number of hydrogen-bond donors (Lipinski definition) is 1. The maximum Gasteiger partial charge on any atom is 0.237 e. The lowest BCUT2D eigenvalue weighted by Crippen LogP contribution is -2.18. The minimum absolute atomic E-state index is 0.0742. The second kappa shape index (κ2) is 6.37. The Labute approximate surface area is 124 Å². The molecule has 1 aliphatic rings. The summed E-state index contributed by atoms with van der Waals surface area (Å²) in [6.45, 7) is 2.90. The molecule has 0 aliphatic carbocycles. The molecule has 0 saturated carbocycles. The number of hydrogen-bond acceptors (Lipinski definition) is 5. The zero-order valence-corrected chi connectivity index (χ0v) is 12.5. The summed E-state index contributed by atoms with van der Waals surface area (Å²) in [6.07, 6.45) is 2.12. The highest BCUT2D eigenvalue weighted by Crippen LogP contribution is 2.33. The Morgan fingerprint density at radius 3 is 2.81 bits per heavy atom. The van der Waals surface area contributed by atoms with Crippen LogP contribution in [0.4, 0.5) is 0 Å². The molecule has 2 aromatic rings. The molecule has 0 bridgehead atoms. The van der Waals surface area contributed by atoms with Gasteiger partial charge in [-0.25, -0.2) is 0 Å². The average Bonchev–Trinajstić information content (AvgIpc) is 3.17. The van der Waals surface area contributed by atoms with Crippen molar-refractivity contribution < 1.29 is 9.15 Å². The Morgan fingerprint density at radius 1 is 1.29 bits per heavy atom. The van der Waals surface area contributed by atoms with E-state index in [4.69, 9.17) is 9.15 Å². The summed E-state index contributed by atoms with van der Waals surface area (Å²) in [5.74, 6) is 1.54. The summed E-state index contributed by atoms with van der Waals surface area (Å²) in [5.41, 5.74) is 1.12. The zero-order chi connectivity index (χ0) is 14.7. The molecule has 3 unspecified atom stereocenters. The fourth-order valence-corrected chi connectivity index (χ4v) is 2.92. The molecule has 1 saturated heterocycles. The predicted molar refractivity (Wildman–Crippen MR) is 79.0 cm³/mol. The van der Waals surface area contributed by atoms with Gasteiger partial charge in [0, 0.05) is 6.61 Å². The Balaban J connectivity index is 1.83. The number of aromatic nitrogens is 2.